The molecule has 0 aliphatic rings. The normalized spacial score (nSPS) is 12.4. The van der Waals surface area contributed by atoms with E-state index in [1.807, 2.05) is 0 Å². The fourth-order valence-corrected chi connectivity index (χ4v) is 4.70. The molecule has 0 nitrogen and oxygen atoms in total. The second-order valence-electron chi connectivity index (χ2n) is 11.0. The maximum atomic E-state index is 2.56. The molecular weight excluding hydrogens is 444 g/mol. The largest absolute Gasteiger partial charge is 0.0882 e. The van der Waals surface area contributed by atoms with Crippen molar-refractivity contribution < 1.29 is 0 Å². The molecule has 0 aromatic rings. The molecule has 0 bridgehead atoms. The average Bonchev–Trinajstić information content (AvgIpc) is 2.91. The van der Waals surface area contributed by atoms with E-state index < -0.39 is 0 Å². The standard InChI is InChI=1S/C37H67/c1-3-5-7-9-11-13-15-17-19-21-23-25-27-29-31-33-35-37-36-34-32-30-28-26-24-22-20-18-16-14-12-10-8-6-4-2/h11-14,17-20,37H,3-10,15-16,21-36H2,1-2H3/b13-11-,14-12?,19-17-,20-18?. The second kappa shape index (κ2) is 35.0. The Hall–Kier alpha value is -1.04. The predicted octanol–water partition coefficient (Wildman–Crippen LogP) is 13.6. The summed E-state index contributed by atoms with van der Waals surface area (Å²) in [4.78, 5) is 0. The van der Waals surface area contributed by atoms with E-state index in [0.29, 0.717) is 0 Å². The number of rotatable bonds is 30. The first-order valence-corrected chi connectivity index (χ1v) is 16.8. The summed E-state index contributed by atoms with van der Waals surface area (Å²) in [7, 11) is 0. The van der Waals surface area contributed by atoms with Crippen LogP contribution in [-0.4, -0.2) is 0 Å². The van der Waals surface area contributed by atoms with Crippen molar-refractivity contribution in [2.24, 2.45) is 0 Å². The Morgan fingerprint density at radius 2 is 0.541 bits per heavy atom. The van der Waals surface area contributed by atoms with Crippen molar-refractivity contribution in [3.63, 3.8) is 0 Å². The van der Waals surface area contributed by atoms with Gasteiger partial charge in [0.1, 0.15) is 0 Å². The summed E-state index contributed by atoms with van der Waals surface area (Å²) >= 11 is 0. The van der Waals surface area contributed by atoms with E-state index in [4.69, 9.17) is 0 Å². The maximum absolute atomic E-state index is 2.56. The lowest BCUT2D eigenvalue weighted by Gasteiger charge is -2.03. The van der Waals surface area contributed by atoms with Crippen LogP contribution in [0.15, 0.2) is 48.6 Å². The van der Waals surface area contributed by atoms with Crippen molar-refractivity contribution in [1.82, 2.24) is 0 Å². The van der Waals surface area contributed by atoms with Crippen LogP contribution >= 0.6 is 0 Å². The highest BCUT2D eigenvalue weighted by Gasteiger charge is 1.95. The van der Waals surface area contributed by atoms with Gasteiger partial charge in [0.2, 0.25) is 0 Å². The van der Waals surface area contributed by atoms with E-state index in [2.05, 4.69) is 68.9 Å². The van der Waals surface area contributed by atoms with Gasteiger partial charge in [-0.25, -0.2) is 0 Å². The van der Waals surface area contributed by atoms with Crippen LogP contribution in [0.3, 0.4) is 0 Å². The summed E-state index contributed by atoms with van der Waals surface area (Å²) in [6.07, 6.45) is 56.5. The Morgan fingerprint density at radius 1 is 0.270 bits per heavy atom. The number of hydrogen-bond donors (Lipinski definition) is 0. The Kier molecular flexibility index (Phi) is 34.0. The molecule has 0 aliphatic carbocycles. The van der Waals surface area contributed by atoms with E-state index in [1.165, 1.54) is 154 Å². The molecular formula is C37H67. The molecule has 0 saturated heterocycles. The number of hydrogen-bond acceptors (Lipinski definition) is 0. The summed E-state index contributed by atoms with van der Waals surface area (Å²) in [5, 5.41) is 0. The van der Waals surface area contributed by atoms with Crippen LogP contribution in [-0.2, 0) is 0 Å². The maximum Gasteiger partial charge on any atom is -0.0169 e. The van der Waals surface area contributed by atoms with Crippen molar-refractivity contribution in [1.29, 1.82) is 0 Å². The van der Waals surface area contributed by atoms with E-state index in [-0.39, 0.29) is 0 Å². The Bertz CT molecular complexity index is 460. The first-order valence-electron chi connectivity index (χ1n) is 16.8. The average molecular weight is 512 g/mol. The summed E-state index contributed by atoms with van der Waals surface area (Å²) in [5.74, 6) is 0. The fraction of sp³-hybridized carbons (Fsp3) is 0.757. The summed E-state index contributed by atoms with van der Waals surface area (Å²) < 4.78 is 0. The first-order chi connectivity index (χ1) is 18.4. The molecule has 0 aliphatic heterocycles. The smallest absolute Gasteiger partial charge is 0.0169 e. The summed E-state index contributed by atoms with van der Waals surface area (Å²) in [5.41, 5.74) is 0. The zero-order chi connectivity index (χ0) is 26.7. The van der Waals surface area contributed by atoms with Gasteiger partial charge in [0.15, 0.2) is 0 Å². The van der Waals surface area contributed by atoms with Crippen LogP contribution in [0.25, 0.3) is 0 Å². The fourth-order valence-electron chi connectivity index (χ4n) is 4.70. The molecule has 0 rings (SSSR count). The number of allylic oxidation sites excluding steroid dienone is 8. The van der Waals surface area contributed by atoms with Gasteiger partial charge in [-0.1, -0.05) is 165 Å². The Morgan fingerprint density at radius 3 is 0.865 bits per heavy atom. The predicted molar refractivity (Wildman–Crippen MR) is 172 cm³/mol. The SMILES string of the molecule is CCCCCC=CCC=CCCCCCCCC[CH]CCCCCCCC/C=C\C/C=C\CCCCC. The number of unbranched alkanes of at least 4 members (excludes halogenated alkanes) is 22. The van der Waals surface area contributed by atoms with Gasteiger partial charge < -0.3 is 0 Å². The minimum Gasteiger partial charge on any atom is -0.0882 e. The molecule has 0 N–H and O–H groups in total. The van der Waals surface area contributed by atoms with E-state index in [1.54, 1.807) is 0 Å². The van der Waals surface area contributed by atoms with Crippen molar-refractivity contribution >= 4 is 0 Å². The van der Waals surface area contributed by atoms with Crippen LogP contribution in [0.5, 0.6) is 0 Å². The summed E-state index contributed by atoms with van der Waals surface area (Å²) in [6.45, 7) is 4.54. The van der Waals surface area contributed by atoms with Crippen molar-refractivity contribution in [3.05, 3.63) is 55.0 Å². The van der Waals surface area contributed by atoms with Crippen molar-refractivity contribution in [3.8, 4) is 0 Å². The second-order valence-corrected chi connectivity index (χ2v) is 11.0. The molecule has 1 radical (unpaired) electrons. The van der Waals surface area contributed by atoms with E-state index >= 15 is 0 Å². The van der Waals surface area contributed by atoms with Gasteiger partial charge >= 0.3 is 0 Å². The highest BCUT2D eigenvalue weighted by atomic mass is 14.0. The lowest BCUT2D eigenvalue weighted by molar-refractivity contribution is 0.573. The molecule has 0 heteroatoms. The van der Waals surface area contributed by atoms with Gasteiger partial charge in [0, 0.05) is 0 Å². The molecule has 215 valence electrons. The third-order valence-corrected chi connectivity index (χ3v) is 7.22. The minimum atomic E-state index is 1.12. The van der Waals surface area contributed by atoms with Crippen LogP contribution in [0.4, 0.5) is 0 Å². The van der Waals surface area contributed by atoms with Crippen LogP contribution < -0.4 is 0 Å². The molecule has 0 spiro atoms. The van der Waals surface area contributed by atoms with Gasteiger partial charge in [-0.15, -0.1) is 0 Å². The monoisotopic (exact) mass is 512 g/mol. The van der Waals surface area contributed by atoms with Crippen LogP contribution in [0.2, 0.25) is 0 Å². The van der Waals surface area contributed by atoms with E-state index in [9.17, 15) is 0 Å². The molecule has 37 heavy (non-hydrogen) atoms. The van der Waals surface area contributed by atoms with Crippen LogP contribution in [0.1, 0.15) is 181 Å². The highest BCUT2D eigenvalue weighted by molar-refractivity contribution is 4.93. The lowest BCUT2D eigenvalue weighted by atomic mass is 10.0. The lowest BCUT2D eigenvalue weighted by Crippen LogP contribution is -1.84. The Labute approximate surface area is 235 Å². The molecule has 0 atom stereocenters. The molecule has 0 saturated carbocycles. The van der Waals surface area contributed by atoms with Crippen molar-refractivity contribution in [2.45, 2.75) is 181 Å². The zero-order valence-electron chi connectivity index (χ0n) is 25.6. The molecule has 0 amide bonds. The van der Waals surface area contributed by atoms with Gasteiger partial charge in [0.05, 0.1) is 0 Å². The Balaban J connectivity index is 3.16. The minimum absolute atomic E-state index is 1.12. The third-order valence-electron chi connectivity index (χ3n) is 7.22. The molecule has 0 aromatic carbocycles. The summed E-state index contributed by atoms with van der Waals surface area (Å²) in [6, 6.07) is 0. The van der Waals surface area contributed by atoms with E-state index in [0.717, 1.165) is 12.8 Å². The highest BCUT2D eigenvalue weighted by Crippen LogP contribution is 2.14. The molecule has 0 heterocycles. The van der Waals surface area contributed by atoms with Gasteiger partial charge in [-0.2, -0.15) is 0 Å². The topological polar surface area (TPSA) is 0 Å². The van der Waals surface area contributed by atoms with Gasteiger partial charge in [-0.05, 0) is 70.6 Å². The molecule has 0 unspecified atom stereocenters. The van der Waals surface area contributed by atoms with Crippen LogP contribution in [0, 0.1) is 6.42 Å². The molecule has 0 fully saturated rings. The molecule has 0 aromatic heterocycles. The van der Waals surface area contributed by atoms with Gasteiger partial charge in [0.25, 0.3) is 0 Å². The third kappa shape index (κ3) is 35.0. The van der Waals surface area contributed by atoms with Crippen molar-refractivity contribution in [2.75, 3.05) is 0 Å². The quantitative estimate of drug-likeness (QED) is 0.0664. The van der Waals surface area contributed by atoms with Gasteiger partial charge in [-0.3, -0.25) is 0 Å². The first kappa shape index (κ1) is 36.0. The zero-order valence-corrected chi connectivity index (χ0v) is 25.6.